The molecular weight excluding hydrogens is 248 g/mol. The normalized spacial score (nSPS) is 9.64. The number of rotatable bonds is 3. The Morgan fingerprint density at radius 3 is 2.64 bits per heavy atom. The van der Waals surface area contributed by atoms with Gasteiger partial charge in [-0.05, 0) is 23.8 Å². The zero-order valence-electron chi connectivity index (χ0n) is 8.04. The Bertz CT molecular complexity index is 336. The van der Waals surface area contributed by atoms with E-state index in [4.69, 9.17) is 4.74 Å². The maximum absolute atomic E-state index is 11.0. The highest BCUT2D eigenvalue weighted by Gasteiger charge is 2.05. The van der Waals surface area contributed by atoms with E-state index in [1.165, 1.54) is 7.11 Å². The van der Waals surface area contributed by atoms with Crippen LogP contribution < -0.4 is 4.74 Å². The van der Waals surface area contributed by atoms with Crippen molar-refractivity contribution in [2.24, 2.45) is 0 Å². The van der Waals surface area contributed by atoms with E-state index >= 15 is 0 Å². The molecule has 0 aromatic heterocycles. The Morgan fingerprint density at radius 1 is 1.36 bits per heavy atom. The molecule has 0 fully saturated rings. The Kier molecular flexibility index (Phi) is 3.95. The van der Waals surface area contributed by atoms with Gasteiger partial charge in [0.05, 0.1) is 20.6 Å². The van der Waals surface area contributed by atoms with Crippen LogP contribution in [0.3, 0.4) is 0 Å². The summed E-state index contributed by atoms with van der Waals surface area (Å²) in [7, 11) is 2.96. The van der Waals surface area contributed by atoms with Crippen molar-refractivity contribution < 1.29 is 14.3 Å². The first-order chi connectivity index (χ1) is 6.65. The van der Waals surface area contributed by atoms with Gasteiger partial charge < -0.3 is 9.47 Å². The lowest BCUT2D eigenvalue weighted by Gasteiger charge is -2.04. The van der Waals surface area contributed by atoms with E-state index < -0.39 is 0 Å². The number of hydrogen-bond donors (Lipinski definition) is 0. The van der Waals surface area contributed by atoms with E-state index in [1.807, 2.05) is 18.2 Å². The molecular formula is C10H11BrO3. The summed E-state index contributed by atoms with van der Waals surface area (Å²) in [5.41, 5.74) is 0.864. The van der Waals surface area contributed by atoms with Gasteiger partial charge in [-0.25, -0.2) is 0 Å². The van der Waals surface area contributed by atoms with E-state index in [-0.39, 0.29) is 12.4 Å². The van der Waals surface area contributed by atoms with Crippen molar-refractivity contribution >= 4 is 21.9 Å². The van der Waals surface area contributed by atoms with Crippen LogP contribution in [0.25, 0.3) is 0 Å². The smallest absolute Gasteiger partial charge is 0.309 e. The molecule has 0 heterocycles. The minimum absolute atomic E-state index is 0.256. The Hall–Kier alpha value is -1.03. The predicted octanol–water partition coefficient (Wildman–Crippen LogP) is 2.17. The number of hydrogen-bond acceptors (Lipinski definition) is 3. The Morgan fingerprint density at radius 2 is 2.07 bits per heavy atom. The SMILES string of the molecule is COC(=O)Cc1cc(Br)cc(OC)c1. The average Bonchev–Trinajstić information content (AvgIpc) is 2.16. The van der Waals surface area contributed by atoms with Crippen LogP contribution in [0.4, 0.5) is 0 Å². The van der Waals surface area contributed by atoms with Crippen molar-refractivity contribution in [3.8, 4) is 5.75 Å². The summed E-state index contributed by atoms with van der Waals surface area (Å²) >= 11 is 3.33. The highest BCUT2D eigenvalue weighted by atomic mass is 79.9. The monoisotopic (exact) mass is 258 g/mol. The molecule has 0 radical (unpaired) electrons. The third kappa shape index (κ3) is 3.03. The van der Waals surface area contributed by atoms with Gasteiger partial charge in [0.2, 0.25) is 0 Å². The van der Waals surface area contributed by atoms with Gasteiger partial charge >= 0.3 is 5.97 Å². The molecule has 0 saturated carbocycles. The average molecular weight is 259 g/mol. The van der Waals surface area contributed by atoms with Crippen molar-refractivity contribution in [2.45, 2.75) is 6.42 Å². The van der Waals surface area contributed by atoms with Gasteiger partial charge in [0.1, 0.15) is 5.75 Å². The van der Waals surface area contributed by atoms with Crippen LogP contribution in [0.1, 0.15) is 5.56 Å². The van der Waals surface area contributed by atoms with Crippen LogP contribution in [0, 0.1) is 0 Å². The van der Waals surface area contributed by atoms with E-state index in [0.717, 1.165) is 15.8 Å². The van der Waals surface area contributed by atoms with E-state index in [9.17, 15) is 4.79 Å². The largest absolute Gasteiger partial charge is 0.497 e. The minimum atomic E-state index is -0.259. The van der Waals surface area contributed by atoms with Crippen molar-refractivity contribution in [2.75, 3.05) is 14.2 Å². The standard InChI is InChI=1S/C10H11BrO3/c1-13-9-4-7(3-8(11)6-9)5-10(12)14-2/h3-4,6H,5H2,1-2H3. The van der Waals surface area contributed by atoms with Gasteiger partial charge in [0, 0.05) is 4.47 Å². The van der Waals surface area contributed by atoms with Gasteiger partial charge in [-0.3, -0.25) is 4.79 Å². The molecule has 76 valence electrons. The molecule has 0 saturated heterocycles. The van der Waals surface area contributed by atoms with E-state index in [2.05, 4.69) is 20.7 Å². The maximum atomic E-state index is 11.0. The van der Waals surface area contributed by atoms with Crippen LogP contribution in [0.5, 0.6) is 5.75 Å². The molecule has 0 aliphatic carbocycles. The molecule has 0 spiro atoms. The molecule has 1 aromatic rings. The topological polar surface area (TPSA) is 35.5 Å². The fraction of sp³-hybridized carbons (Fsp3) is 0.300. The number of ether oxygens (including phenoxy) is 2. The zero-order chi connectivity index (χ0) is 10.6. The maximum Gasteiger partial charge on any atom is 0.309 e. The summed E-state index contributed by atoms with van der Waals surface area (Å²) in [5, 5.41) is 0. The third-order valence-corrected chi connectivity index (χ3v) is 2.20. The molecule has 1 rings (SSSR count). The molecule has 4 heteroatoms. The van der Waals surface area contributed by atoms with Crippen LogP contribution in [-0.2, 0) is 16.0 Å². The van der Waals surface area contributed by atoms with Crippen molar-refractivity contribution in [3.63, 3.8) is 0 Å². The molecule has 0 aliphatic heterocycles. The number of methoxy groups -OCH3 is 2. The lowest BCUT2D eigenvalue weighted by atomic mass is 10.1. The Balaban J connectivity index is 2.86. The van der Waals surface area contributed by atoms with E-state index in [0.29, 0.717) is 0 Å². The second kappa shape index (κ2) is 5.00. The van der Waals surface area contributed by atoms with Gasteiger partial charge in [-0.2, -0.15) is 0 Å². The summed E-state index contributed by atoms with van der Waals surface area (Å²) in [4.78, 5) is 11.0. The highest BCUT2D eigenvalue weighted by Crippen LogP contribution is 2.21. The number of carbonyl (C=O) groups excluding carboxylic acids is 1. The minimum Gasteiger partial charge on any atom is -0.497 e. The van der Waals surface area contributed by atoms with Crippen LogP contribution in [-0.4, -0.2) is 20.2 Å². The summed E-state index contributed by atoms with van der Waals surface area (Å²) in [5.74, 6) is 0.462. The zero-order valence-corrected chi connectivity index (χ0v) is 9.63. The molecule has 0 aliphatic rings. The molecule has 0 bridgehead atoms. The lowest BCUT2D eigenvalue weighted by Crippen LogP contribution is -2.04. The molecule has 0 unspecified atom stereocenters. The number of esters is 1. The van der Waals surface area contributed by atoms with Crippen LogP contribution in [0.15, 0.2) is 22.7 Å². The number of carbonyl (C=O) groups is 1. The summed E-state index contributed by atoms with van der Waals surface area (Å²) in [6.45, 7) is 0. The first-order valence-electron chi connectivity index (χ1n) is 4.06. The Labute approximate surface area is 91.1 Å². The molecule has 1 aromatic carbocycles. The van der Waals surface area contributed by atoms with Crippen molar-refractivity contribution in [3.05, 3.63) is 28.2 Å². The van der Waals surface area contributed by atoms with Gasteiger partial charge in [0.15, 0.2) is 0 Å². The van der Waals surface area contributed by atoms with Crippen molar-refractivity contribution in [1.29, 1.82) is 0 Å². The first kappa shape index (κ1) is 11.0. The number of halogens is 1. The van der Waals surface area contributed by atoms with Gasteiger partial charge in [-0.1, -0.05) is 15.9 Å². The third-order valence-electron chi connectivity index (χ3n) is 1.74. The molecule has 0 N–H and O–H groups in total. The van der Waals surface area contributed by atoms with Gasteiger partial charge in [0.25, 0.3) is 0 Å². The second-order valence-corrected chi connectivity index (χ2v) is 3.67. The molecule has 14 heavy (non-hydrogen) atoms. The number of benzene rings is 1. The van der Waals surface area contributed by atoms with Crippen molar-refractivity contribution in [1.82, 2.24) is 0 Å². The fourth-order valence-electron chi connectivity index (χ4n) is 1.08. The van der Waals surface area contributed by atoms with Crippen LogP contribution >= 0.6 is 15.9 Å². The molecule has 0 atom stereocenters. The quantitative estimate of drug-likeness (QED) is 0.780. The molecule has 3 nitrogen and oxygen atoms in total. The van der Waals surface area contributed by atoms with E-state index in [1.54, 1.807) is 7.11 Å². The molecule has 0 amide bonds. The highest BCUT2D eigenvalue weighted by molar-refractivity contribution is 9.10. The first-order valence-corrected chi connectivity index (χ1v) is 4.85. The lowest BCUT2D eigenvalue weighted by molar-refractivity contribution is -0.139. The summed E-state index contributed by atoms with van der Waals surface area (Å²) < 4.78 is 10.5. The summed E-state index contributed by atoms with van der Waals surface area (Å²) in [6.07, 6.45) is 0.256. The summed E-state index contributed by atoms with van der Waals surface area (Å²) in [6, 6.07) is 5.50. The second-order valence-electron chi connectivity index (χ2n) is 2.75. The van der Waals surface area contributed by atoms with Gasteiger partial charge in [-0.15, -0.1) is 0 Å². The fourth-order valence-corrected chi connectivity index (χ4v) is 1.60. The predicted molar refractivity (Wildman–Crippen MR) is 56.4 cm³/mol. The van der Waals surface area contributed by atoms with Crippen LogP contribution in [0.2, 0.25) is 0 Å².